The second-order valence-corrected chi connectivity index (χ2v) is 2.97. The fourth-order valence-corrected chi connectivity index (χ4v) is 1.08. The van der Waals surface area contributed by atoms with Crippen molar-refractivity contribution in [1.82, 2.24) is 4.98 Å². The molecule has 0 unspecified atom stereocenters. The van der Waals surface area contributed by atoms with Gasteiger partial charge in [-0.3, -0.25) is 0 Å². The summed E-state index contributed by atoms with van der Waals surface area (Å²) in [7, 11) is 0. The van der Waals surface area contributed by atoms with E-state index in [-0.39, 0.29) is 11.4 Å². The van der Waals surface area contributed by atoms with Gasteiger partial charge in [0, 0.05) is 0 Å². The second-order valence-electron chi connectivity index (χ2n) is 2.97. The quantitative estimate of drug-likeness (QED) is 0.825. The maximum atomic E-state index is 12.3. The molecular formula is C10H11F3N2. The van der Waals surface area contributed by atoms with Gasteiger partial charge >= 0.3 is 6.18 Å². The van der Waals surface area contributed by atoms with Crippen LogP contribution in [0.5, 0.6) is 0 Å². The van der Waals surface area contributed by atoms with Crippen molar-refractivity contribution in [3.8, 4) is 0 Å². The zero-order valence-electron chi connectivity index (χ0n) is 8.17. The van der Waals surface area contributed by atoms with Crippen LogP contribution in [0.2, 0.25) is 0 Å². The fourth-order valence-electron chi connectivity index (χ4n) is 1.08. The first-order valence-electron chi connectivity index (χ1n) is 4.45. The SMILES string of the molecule is CC/C=C(/N)c1cccc(C(F)(F)F)n1. The van der Waals surface area contributed by atoms with Crippen LogP contribution in [-0.2, 0) is 6.18 Å². The van der Waals surface area contributed by atoms with Gasteiger partial charge in [-0.1, -0.05) is 19.1 Å². The van der Waals surface area contributed by atoms with Crippen LogP contribution in [0.1, 0.15) is 24.7 Å². The molecular weight excluding hydrogens is 205 g/mol. The Kier molecular flexibility index (Phi) is 3.34. The minimum absolute atomic E-state index is 0.159. The lowest BCUT2D eigenvalue weighted by Gasteiger charge is -2.07. The van der Waals surface area contributed by atoms with E-state index < -0.39 is 11.9 Å². The number of pyridine rings is 1. The highest BCUT2D eigenvalue weighted by Gasteiger charge is 2.32. The molecule has 0 saturated heterocycles. The van der Waals surface area contributed by atoms with Crippen molar-refractivity contribution in [3.05, 3.63) is 35.7 Å². The molecule has 0 bridgehead atoms. The molecule has 0 saturated carbocycles. The van der Waals surface area contributed by atoms with Crippen molar-refractivity contribution >= 4 is 5.70 Å². The zero-order valence-corrected chi connectivity index (χ0v) is 8.17. The third-order valence-corrected chi connectivity index (χ3v) is 1.76. The summed E-state index contributed by atoms with van der Waals surface area (Å²) in [6, 6.07) is 3.67. The highest BCUT2D eigenvalue weighted by atomic mass is 19.4. The standard InChI is InChI=1S/C10H11F3N2/c1-2-4-7(14)8-5-3-6-9(15-8)10(11,12)13/h3-6H,2,14H2,1H3/b7-4+. The van der Waals surface area contributed by atoms with Gasteiger partial charge in [0.05, 0.1) is 11.4 Å². The summed E-state index contributed by atoms with van der Waals surface area (Å²) in [4.78, 5) is 3.44. The van der Waals surface area contributed by atoms with E-state index in [0.717, 1.165) is 6.07 Å². The van der Waals surface area contributed by atoms with Crippen LogP contribution in [-0.4, -0.2) is 4.98 Å². The molecule has 5 heteroatoms. The third-order valence-electron chi connectivity index (χ3n) is 1.76. The van der Waals surface area contributed by atoms with Crippen molar-refractivity contribution in [2.75, 3.05) is 0 Å². The monoisotopic (exact) mass is 216 g/mol. The van der Waals surface area contributed by atoms with Gasteiger partial charge in [0.25, 0.3) is 0 Å². The number of aromatic nitrogens is 1. The normalized spacial score (nSPS) is 12.9. The summed E-state index contributed by atoms with van der Waals surface area (Å²) in [5.74, 6) is 0. The molecule has 0 spiro atoms. The number of rotatable bonds is 2. The largest absolute Gasteiger partial charge is 0.433 e. The number of hydrogen-bond acceptors (Lipinski definition) is 2. The number of nitrogens with zero attached hydrogens (tertiary/aromatic N) is 1. The Hall–Kier alpha value is -1.52. The van der Waals surface area contributed by atoms with Gasteiger partial charge in [0.2, 0.25) is 0 Å². The molecule has 2 N–H and O–H groups in total. The molecule has 1 heterocycles. The molecule has 0 fully saturated rings. The molecule has 0 aliphatic rings. The highest BCUT2D eigenvalue weighted by Crippen LogP contribution is 2.27. The van der Waals surface area contributed by atoms with E-state index in [4.69, 9.17) is 5.73 Å². The first-order valence-corrected chi connectivity index (χ1v) is 4.45. The van der Waals surface area contributed by atoms with Crippen LogP contribution in [0.25, 0.3) is 5.70 Å². The molecule has 0 aromatic carbocycles. The zero-order chi connectivity index (χ0) is 11.5. The summed E-state index contributed by atoms with van der Waals surface area (Å²) in [5.41, 5.74) is 5.05. The van der Waals surface area contributed by atoms with Gasteiger partial charge in [-0.25, -0.2) is 4.98 Å². The van der Waals surface area contributed by atoms with E-state index in [0.29, 0.717) is 6.42 Å². The van der Waals surface area contributed by atoms with Crippen molar-refractivity contribution in [3.63, 3.8) is 0 Å². The molecule has 0 radical (unpaired) electrons. The summed E-state index contributed by atoms with van der Waals surface area (Å²) in [6.45, 7) is 1.85. The van der Waals surface area contributed by atoms with E-state index in [2.05, 4.69) is 4.98 Å². The van der Waals surface area contributed by atoms with Gasteiger partial charge in [-0.15, -0.1) is 0 Å². The van der Waals surface area contributed by atoms with E-state index in [9.17, 15) is 13.2 Å². The van der Waals surface area contributed by atoms with Gasteiger partial charge < -0.3 is 5.73 Å². The first-order chi connectivity index (χ1) is 6.95. The van der Waals surface area contributed by atoms with Crippen LogP contribution in [0.4, 0.5) is 13.2 Å². The number of alkyl halides is 3. The molecule has 0 aliphatic carbocycles. The van der Waals surface area contributed by atoms with Crippen LogP contribution >= 0.6 is 0 Å². The topological polar surface area (TPSA) is 38.9 Å². The molecule has 82 valence electrons. The van der Waals surface area contributed by atoms with Crippen LogP contribution < -0.4 is 5.73 Å². The van der Waals surface area contributed by atoms with E-state index in [1.54, 1.807) is 6.08 Å². The molecule has 15 heavy (non-hydrogen) atoms. The van der Waals surface area contributed by atoms with Gasteiger partial charge in [-0.05, 0) is 18.6 Å². The van der Waals surface area contributed by atoms with Crippen LogP contribution in [0.15, 0.2) is 24.3 Å². The van der Waals surface area contributed by atoms with Crippen LogP contribution in [0.3, 0.4) is 0 Å². The summed E-state index contributed by atoms with van der Waals surface area (Å²) < 4.78 is 36.9. The molecule has 0 aliphatic heterocycles. The summed E-state index contributed by atoms with van der Waals surface area (Å²) >= 11 is 0. The smallest absolute Gasteiger partial charge is 0.397 e. The fraction of sp³-hybridized carbons (Fsp3) is 0.300. The molecule has 1 aromatic heterocycles. The Morgan fingerprint density at radius 1 is 1.47 bits per heavy atom. The Balaban J connectivity index is 3.08. The average molecular weight is 216 g/mol. The lowest BCUT2D eigenvalue weighted by atomic mass is 10.2. The number of allylic oxidation sites excluding steroid dienone is 1. The van der Waals surface area contributed by atoms with Gasteiger partial charge in [0.1, 0.15) is 5.69 Å². The Labute approximate surface area is 85.6 Å². The highest BCUT2D eigenvalue weighted by molar-refractivity contribution is 5.59. The molecule has 0 atom stereocenters. The van der Waals surface area contributed by atoms with Crippen LogP contribution in [0, 0.1) is 0 Å². The van der Waals surface area contributed by atoms with E-state index in [1.165, 1.54) is 12.1 Å². The number of hydrogen-bond donors (Lipinski definition) is 1. The molecule has 1 rings (SSSR count). The van der Waals surface area contributed by atoms with E-state index >= 15 is 0 Å². The van der Waals surface area contributed by atoms with Gasteiger partial charge in [0.15, 0.2) is 0 Å². The summed E-state index contributed by atoms with van der Waals surface area (Å²) in [5, 5.41) is 0. The van der Waals surface area contributed by atoms with Crippen molar-refractivity contribution in [2.45, 2.75) is 19.5 Å². The number of halogens is 3. The summed E-state index contributed by atoms with van der Waals surface area (Å²) in [6.07, 6.45) is -2.14. The van der Waals surface area contributed by atoms with E-state index in [1.807, 2.05) is 6.92 Å². The predicted octanol–water partition coefficient (Wildman–Crippen LogP) is 2.81. The molecule has 2 nitrogen and oxygen atoms in total. The minimum Gasteiger partial charge on any atom is -0.397 e. The molecule has 1 aromatic rings. The lowest BCUT2D eigenvalue weighted by Crippen LogP contribution is -2.10. The third kappa shape index (κ3) is 2.97. The minimum atomic E-state index is -4.43. The average Bonchev–Trinajstić information content (AvgIpc) is 2.17. The first kappa shape index (κ1) is 11.6. The molecule has 0 amide bonds. The van der Waals surface area contributed by atoms with Gasteiger partial charge in [-0.2, -0.15) is 13.2 Å². The Morgan fingerprint density at radius 2 is 2.13 bits per heavy atom. The maximum Gasteiger partial charge on any atom is 0.433 e. The van der Waals surface area contributed by atoms with Crippen molar-refractivity contribution < 1.29 is 13.2 Å². The maximum absolute atomic E-state index is 12.3. The van der Waals surface area contributed by atoms with Crippen molar-refractivity contribution in [1.29, 1.82) is 0 Å². The lowest BCUT2D eigenvalue weighted by molar-refractivity contribution is -0.141. The van der Waals surface area contributed by atoms with Crippen molar-refractivity contribution in [2.24, 2.45) is 5.73 Å². The second kappa shape index (κ2) is 4.33. The Bertz CT molecular complexity index is 369. The number of nitrogens with two attached hydrogens (primary N) is 1. The Morgan fingerprint density at radius 3 is 2.67 bits per heavy atom. The predicted molar refractivity (Wildman–Crippen MR) is 51.7 cm³/mol.